The Balaban J connectivity index is 2.56. The molecule has 1 unspecified atom stereocenters. The van der Waals surface area contributed by atoms with Gasteiger partial charge in [0.15, 0.2) is 0 Å². The molecule has 0 saturated carbocycles. The summed E-state index contributed by atoms with van der Waals surface area (Å²) in [6.45, 7) is 8.96. The molecular weight excluding hydrogens is 202 g/mol. The van der Waals surface area contributed by atoms with E-state index in [9.17, 15) is 4.79 Å². The summed E-state index contributed by atoms with van der Waals surface area (Å²) in [5, 5.41) is 0. The smallest absolute Gasteiger partial charge is 0.307 e. The fraction of sp³-hybridized carbons (Fsp3) is 0.923. The lowest BCUT2D eigenvalue weighted by atomic mass is 9.90. The van der Waals surface area contributed by atoms with E-state index in [-0.39, 0.29) is 11.5 Å². The average Bonchev–Trinajstić information content (AvgIpc) is 2.30. The highest BCUT2D eigenvalue weighted by atomic mass is 16.5. The van der Waals surface area contributed by atoms with E-state index in [1.54, 1.807) is 0 Å². The molecule has 0 aliphatic carbocycles. The maximum atomic E-state index is 11.6. The lowest BCUT2D eigenvalue weighted by molar-refractivity contribution is -0.146. The van der Waals surface area contributed by atoms with Crippen molar-refractivity contribution in [1.82, 2.24) is 4.90 Å². The molecule has 0 aromatic carbocycles. The molecule has 3 nitrogen and oxygen atoms in total. The molecule has 1 saturated heterocycles. The number of esters is 1. The molecule has 0 radical (unpaired) electrons. The van der Waals surface area contributed by atoms with E-state index in [0.29, 0.717) is 13.0 Å². The van der Waals surface area contributed by atoms with Gasteiger partial charge in [0, 0.05) is 5.54 Å². The first-order valence-electron chi connectivity index (χ1n) is 6.53. The van der Waals surface area contributed by atoms with Crippen LogP contribution in [0.15, 0.2) is 0 Å². The van der Waals surface area contributed by atoms with Gasteiger partial charge in [-0.15, -0.1) is 0 Å². The second kappa shape index (κ2) is 6.24. The Morgan fingerprint density at radius 1 is 1.25 bits per heavy atom. The topological polar surface area (TPSA) is 29.5 Å². The van der Waals surface area contributed by atoms with Gasteiger partial charge >= 0.3 is 5.97 Å². The van der Waals surface area contributed by atoms with Gasteiger partial charge in [0.25, 0.3) is 0 Å². The molecule has 1 heterocycles. The van der Waals surface area contributed by atoms with E-state index in [2.05, 4.69) is 18.7 Å². The fourth-order valence-corrected chi connectivity index (χ4v) is 2.42. The highest BCUT2D eigenvalue weighted by molar-refractivity contribution is 5.70. The van der Waals surface area contributed by atoms with Gasteiger partial charge in [-0.3, -0.25) is 9.69 Å². The molecule has 1 aliphatic rings. The van der Waals surface area contributed by atoms with Crippen LogP contribution in [0.4, 0.5) is 0 Å². The normalized spacial score (nSPS) is 21.4. The van der Waals surface area contributed by atoms with Crippen molar-refractivity contribution >= 4 is 5.97 Å². The molecule has 0 aromatic heterocycles. The number of rotatable bonds is 5. The number of piperidine rings is 1. The van der Waals surface area contributed by atoms with Gasteiger partial charge in [-0.1, -0.05) is 13.3 Å². The van der Waals surface area contributed by atoms with E-state index in [4.69, 9.17) is 4.74 Å². The maximum Gasteiger partial charge on any atom is 0.307 e. The zero-order valence-corrected chi connectivity index (χ0v) is 10.9. The quantitative estimate of drug-likeness (QED) is 0.676. The molecule has 94 valence electrons. The zero-order valence-electron chi connectivity index (χ0n) is 10.9. The fourth-order valence-electron chi connectivity index (χ4n) is 2.42. The lowest BCUT2D eigenvalue weighted by Gasteiger charge is -2.42. The van der Waals surface area contributed by atoms with Crippen LogP contribution in [0.25, 0.3) is 0 Å². The van der Waals surface area contributed by atoms with Gasteiger partial charge in [0.1, 0.15) is 0 Å². The number of nitrogens with zero attached hydrogens (tertiary/aromatic N) is 1. The summed E-state index contributed by atoms with van der Waals surface area (Å²) in [6.07, 6.45) is 5.38. The predicted molar refractivity (Wildman–Crippen MR) is 65.4 cm³/mol. The van der Waals surface area contributed by atoms with Crippen LogP contribution in [0, 0.1) is 0 Å². The van der Waals surface area contributed by atoms with Crippen LogP contribution in [-0.2, 0) is 9.53 Å². The molecule has 16 heavy (non-hydrogen) atoms. The van der Waals surface area contributed by atoms with Crippen molar-refractivity contribution in [3.8, 4) is 0 Å². The summed E-state index contributed by atoms with van der Waals surface area (Å²) < 4.78 is 5.06. The van der Waals surface area contributed by atoms with Gasteiger partial charge in [-0.2, -0.15) is 0 Å². The van der Waals surface area contributed by atoms with Gasteiger partial charge in [0.2, 0.25) is 0 Å². The van der Waals surface area contributed by atoms with Gasteiger partial charge in [-0.25, -0.2) is 0 Å². The van der Waals surface area contributed by atoms with E-state index >= 15 is 0 Å². The van der Waals surface area contributed by atoms with Crippen molar-refractivity contribution in [2.24, 2.45) is 0 Å². The van der Waals surface area contributed by atoms with Crippen molar-refractivity contribution in [3.05, 3.63) is 0 Å². The molecule has 1 fully saturated rings. The first kappa shape index (κ1) is 13.5. The zero-order chi connectivity index (χ0) is 12.0. The molecular formula is C13H25NO2. The summed E-state index contributed by atoms with van der Waals surface area (Å²) in [5.74, 6) is -0.0579. The molecule has 1 aliphatic heterocycles. The molecule has 0 aromatic rings. The second-order valence-corrected chi connectivity index (χ2v) is 4.88. The van der Waals surface area contributed by atoms with Crippen LogP contribution in [-0.4, -0.2) is 36.1 Å². The third kappa shape index (κ3) is 3.48. The van der Waals surface area contributed by atoms with Crippen LogP contribution < -0.4 is 0 Å². The van der Waals surface area contributed by atoms with Gasteiger partial charge in [0.05, 0.1) is 13.0 Å². The molecule has 0 amide bonds. The summed E-state index contributed by atoms with van der Waals surface area (Å²) >= 11 is 0. The number of ether oxygens (including phenoxy) is 1. The van der Waals surface area contributed by atoms with Crippen molar-refractivity contribution in [3.63, 3.8) is 0 Å². The number of carbonyl (C=O) groups excluding carboxylic acids is 1. The summed E-state index contributed by atoms with van der Waals surface area (Å²) in [7, 11) is 0. The first-order chi connectivity index (χ1) is 7.62. The molecule has 0 N–H and O–H groups in total. The number of carbonyl (C=O) groups is 1. The van der Waals surface area contributed by atoms with Crippen LogP contribution in [0.5, 0.6) is 0 Å². The first-order valence-corrected chi connectivity index (χ1v) is 6.53. The highest BCUT2D eigenvalue weighted by Crippen LogP contribution is 2.27. The van der Waals surface area contributed by atoms with Crippen molar-refractivity contribution in [2.75, 3.05) is 19.7 Å². The second-order valence-electron chi connectivity index (χ2n) is 4.88. The van der Waals surface area contributed by atoms with Gasteiger partial charge < -0.3 is 4.74 Å². The van der Waals surface area contributed by atoms with Crippen LogP contribution in [0.1, 0.15) is 52.9 Å². The minimum absolute atomic E-state index is 0.00727. The SMILES string of the molecule is CCOC(=O)CC(C)(CC)N1CCCCC1. The number of hydrogen-bond acceptors (Lipinski definition) is 3. The number of hydrogen-bond donors (Lipinski definition) is 0. The van der Waals surface area contributed by atoms with E-state index in [0.717, 1.165) is 19.5 Å². The monoisotopic (exact) mass is 227 g/mol. The average molecular weight is 227 g/mol. The minimum atomic E-state index is -0.0579. The maximum absolute atomic E-state index is 11.6. The summed E-state index contributed by atoms with van der Waals surface area (Å²) in [6, 6.07) is 0. The van der Waals surface area contributed by atoms with Crippen LogP contribution >= 0.6 is 0 Å². The molecule has 0 spiro atoms. The Kier molecular flexibility index (Phi) is 5.26. The Labute approximate surface area is 99.1 Å². The standard InChI is InChI=1S/C13H25NO2/c1-4-13(3,11-12(15)16-5-2)14-9-7-6-8-10-14/h4-11H2,1-3H3. The van der Waals surface area contributed by atoms with E-state index in [1.807, 2.05) is 6.92 Å². The molecule has 1 rings (SSSR count). The van der Waals surface area contributed by atoms with Gasteiger partial charge in [-0.05, 0) is 46.2 Å². The molecule has 3 heteroatoms. The Bertz CT molecular complexity index is 224. The molecule has 0 bridgehead atoms. The lowest BCUT2D eigenvalue weighted by Crippen LogP contribution is -2.49. The van der Waals surface area contributed by atoms with E-state index in [1.165, 1.54) is 19.3 Å². The van der Waals surface area contributed by atoms with Crippen LogP contribution in [0.3, 0.4) is 0 Å². The van der Waals surface area contributed by atoms with E-state index < -0.39 is 0 Å². The van der Waals surface area contributed by atoms with Crippen molar-refractivity contribution < 1.29 is 9.53 Å². The third-order valence-electron chi connectivity index (χ3n) is 3.71. The minimum Gasteiger partial charge on any atom is -0.466 e. The Hall–Kier alpha value is -0.570. The number of likely N-dealkylation sites (tertiary alicyclic amines) is 1. The predicted octanol–water partition coefficient (Wildman–Crippen LogP) is 2.59. The largest absolute Gasteiger partial charge is 0.466 e. The summed E-state index contributed by atoms with van der Waals surface area (Å²) in [5.41, 5.74) is -0.00727. The van der Waals surface area contributed by atoms with Crippen molar-refractivity contribution in [1.29, 1.82) is 0 Å². The summed E-state index contributed by atoms with van der Waals surface area (Å²) in [4.78, 5) is 14.1. The third-order valence-corrected chi connectivity index (χ3v) is 3.71. The highest BCUT2D eigenvalue weighted by Gasteiger charge is 2.33. The van der Waals surface area contributed by atoms with Crippen LogP contribution in [0.2, 0.25) is 0 Å². The molecule has 1 atom stereocenters. The Morgan fingerprint density at radius 2 is 1.88 bits per heavy atom. The van der Waals surface area contributed by atoms with Crippen molar-refractivity contribution in [2.45, 2.75) is 58.4 Å². The Morgan fingerprint density at radius 3 is 2.38 bits per heavy atom.